The standard InChI is InChI=1S/C17H17N5O3/c1-11-13(5-6-14(20-11)15-4-3-7-25-15)17(24)21-12-8-19-22(9-12)10-16(23)18-2/h3-9H,10H2,1-2H3,(H,18,23)(H,21,24). The van der Waals surface area contributed by atoms with Crippen LogP contribution < -0.4 is 10.6 Å². The van der Waals surface area contributed by atoms with Crippen molar-refractivity contribution in [3.63, 3.8) is 0 Å². The van der Waals surface area contributed by atoms with E-state index in [1.165, 1.54) is 10.9 Å². The van der Waals surface area contributed by atoms with Crippen molar-refractivity contribution in [2.45, 2.75) is 13.5 Å². The number of carbonyl (C=O) groups is 2. The Hall–Kier alpha value is -3.42. The van der Waals surface area contributed by atoms with Crippen LogP contribution in [-0.2, 0) is 11.3 Å². The minimum atomic E-state index is -0.296. The van der Waals surface area contributed by atoms with Crippen LogP contribution >= 0.6 is 0 Å². The number of hydrogen-bond acceptors (Lipinski definition) is 5. The van der Waals surface area contributed by atoms with Crippen LogP contribution in [0, 0.1) is 6.92 Å². The van der Waals surface area contributed by atoms with E-state index in [2.05, 4.69) is 20.7 Å². The average molecular weight is 339 g/mol. The van der Waals surface area contributed by atoms with Gasteiger partial charge in [-0.3, -0.25) is 14.3 Å². The fourth-order valence-corrected chi connectivity index (χ4v) is 2.30. The largest absolute Gasteiger partial charge is 0.463 e. The van der Waals surface area contributed by atoms with E-state index in [4.69, 9.17) is 4.42 Å². The van der Waals surface area contributed by atoms with Gasteiger partial charge in [0.05, 0.1) is 29.4 Å². The minimum Gasteiger partial charge on any atom is -0.463 e. The van der Waals surface area contributed by atoms with Crippen molar-refractivity contribution in [1.29, 1.82) is 0 Å². The molecule has 0 aliphatic rings. The first-order valence-corrected chi connectivity index (χ1v) is 7.62. The molecule has 128 valence electrons. The molecule has 0 saturated carbocycles. The van der Waals surface area contributed by atoms with Crippen LogP contribution in [0.15, 0.2) is 47.3 Å². The van der Waals surface area contributed by atoms with Gasteiger partial charge >= 0.3 is 0 Å². The van der Waals surface area contributed by atoms with Crippen LogP contribution in [0.2, 0.25) is 0 Å². The lowest BCUT2D eigenvalue weighted by molar-refractivity contribution is -0.121. The number of nitrogens with zero attached hydrogens (tertiary/aromatic N) is 3. The topological polar surface area (TPSA) is 102 Å². The maximum absolute atomic E-state index is 12.4. The third kappa shape index (κ3) is 3.74. The number of aryl methyl sites for hydroxylation is 1. The Balaban J connectivity index is 1.72. The molecular formula is C17H17N5O3. The summed E-state index contributed by atoms with van der Waals surface area (Å²) in [6, 6.07) is 7.02. The number of furan rings is 1. The van der Waals surface area contributed by atoms with Gasteiger partial charge in [-0.05, 0) is 31.2 Å². The van der Waals surface area contributed by atoms with Crippen LogP contribution in [0.1, 0.15) is 16.1 Å². The molecule has 0 spiro atoms. The zero-order valence-corrected chi connectivity index (χ0v) is 13.8. The highest BCUT2D eigenvalue weighted by Gasteiger charge is 2.13. The summed E-state index contributed by atoms with van der Waals surface area (Å²) in [7, 11) is 1.55. The summed E-state index contributed by atoms with van der Waals surface area (Å²) in [5, 5.41) is 9.29. The highest BCUT2D eigenvalue weighted by atomic mass is 16.3. The van der Waals surface area contributed by atoms with Gasteiger partial charge in [0.1, 0.15) is 12.2 Å². The highest BCUT2D eigenvalue weighted by molar-refractivity contribution is 6.05. The molecule has 0 atom stereocenters. The predicted molar refractivity (Wildman–Crippen MR) is 90.9 cm³/mol. The number of aromatic nitrogens is 3. The first-order chi connectivity index (χ1) is 12.1. The zero-order chi connectivity index (χ0) is 17.8. The predicted octanol–water partition coefficient (Wildman–Crippen LogP) is 1.84. The van der Waals surface area contributed by atoms with Crippen LogP contribution in [0.4, 0.5) is 5.69 Å². The van der Waals surface area contributed by atoms with E-state index in [0.717, 1.165) is 0 Å². The van der Waals surface area contributed by atoms with Gasteiger partial charge in [-0.1, -0.05) is 0 Å². The van der Waals surface area contributed by atoms with E-state index in [1.54, 1.807) is 44.6 Å². The smallest absolute Gasteiger partial charge is 0.257 e. The van der Waals surface area contributed by atoms with Gasteiger partial charge in [0, 0.05) is 13.2 Å². The first kappa shape index (κ1) is 16.4. The van der Waals surface area contributed by atoms with Gasteiger partial charge < -0.3 is 15.1 Å². The molecule has 8 heteroatoms. The molecule has 25 heavy (non-hydrogen) atoms. The lowest BCUT2D eigenvalue weighted by Gasteiger charge is -2.07. The summed E-state index contributed by atoms with van der Waals surface area (Å²) >= 11 is 0. The summed E-state index contributed by atoms with van der Waals surface area (Å²) < 4.78 is 6.75. The van der Waals surface area contributed by atoms with E-state index in [-0.39, 0.29) is 18.4 Å². The molecular weight excluding hydrogens is 322 g/mol. The Morgan fingerprint density at radius 3 is 2.80 bits per heavy atom. The molecule has 2 N–H and O–H groups in total. The molecule has 0 unspecified atom stereocenters. The number of rotatable bonds is 5. The van der Waals surface area contributed by atoms with Crippen molar-refractivity contribution in [2.75, 3.05) is 12.4 Å². The lowest BCUT2D eigenvalue weighted by Crippen LogP contribution is -2.23. The molecule has 0 fully saturated rings. The molecule has 0 radical (unpaired) electrons. The molecule has 0 saturated heterocycles. The molecule has 0 aromatic carbocycles. The van der Waals surface area contributed by atoms with E-state index >= 15 is 0 Å². The van der Waals surface area contributed by atoms with Gasteiger partial charge in [-0.15, -0.1) is 0 Å². The summed E-state index contributed by atoms with van der Waals surface area (Å²) in [5.74, 6) is 0.176. The van der Waals surface area contributed by atoms with Crippen LogP contribution in [-0.4, -0.2) is 33.6 Å². The summed E-state index contributed by atoms with van der Waals surface area (Å²) in [5.41, 5.74) is 2.21. The van der Waals surface area contributed by atoms with E-state index in [9.17, 15) is 9.59 Å². The monoisotopic (exact) mass is 339 g/mol. The minimum absolute atomic E-state index is 0.0881. The molecule has 0 bridgehead atoms. The molecule has 3 aromatic rings. The van der Waals surface area contributed by atoms with E-state index < -0.39 is 0 Å². The number of nitrogens with one attached hydrogen (secondary N) is 2. The number of hydrogen-bond donors (Lipinski definition) is 2. The van der Waals surface area contributed by atoms with Crippen LogP contribution in [0.3, 0.4) is 0 Å². The number of pyridine rings is 1. The van der Waals surface area contributed by atoms with E-state index in [0.29, 0.717) is 28.4 Å². The van der Waals surface area contributed by atoms with Crippen molar-refractivity contribution >= 4 is 17.5 Å². The maximum Gasteiger partial charge on any atom is 0.257 e. The molecule has 8 nitrogen and oxygen atoms in total. The molecule has 3 heterocycles. The normalized spacial score (nSPS) is 10.5. The average Bonchev–Trinajstić information content (AvgIpc) is 3.26. The van der Waals surface area contributed by atoms with Gasteiger partial charge in [-0.25, -0.2) is 4.98 Å². The number of amides is 2. The third-order valence-electron chi connectivity index (χ3n) is 3.58. The Morgan fingerprint density at radius 2 is 2.12 bits per heavy atom. The summed E-state index contributed by atoms with van der Waals surface area (Å²) in [4.78, 5) is 28.2. The van der Waals surface area contributed by atoms with Gasteiger partial charge in [-0.2, -0.15) is 5.10 Å². The fraction of sp³-hybridized carbons (Fsp3) is 0.176. The van der Waals surface area contributed by atoms with Crippen molar-refractivity contribution < 1.29 is 14.0 Å². The molecule has 0 aliphatic carbocycles. The second-order valence-electron chi connectivity index (χ2n) is 5.36. The van der Waals surface area contributed by atoms with Crippen molar-refractivity contribution in [3.05, 3.63) is 54.2 Å². The number of carbonyl (C=O) groups excluding carboxylic acids is 2. The first-order valence-electron chi connectivity index (χ1n) is 7.62. The Bertz CT molecular complexity index is 899. The van der Waals surface area contributed by atoms with Gasteiger partial charge in [0.15, 0.2) is 5.76 Å². The van der Waals surface area contributed by atoms with Crippen molar-refractivity contribution in [1.82, 2.24) is 20.1 Å². The Morgan fingerprint density at radius 1 is 1.28 bits per heavy atom. The summed E-state index contributed by atoms with van der Waals surface area (Å²) in [6.45, 7) is 1.85. The molecule has 3 aromatic heterocycles. The number of likely N-dealkylation sites (N-methyl/N-ethyl adjacent to an activating group) is 1. The molecule has 2 amide bonds. The quantitative estimate of drug-likeness (QED) is 0.738. The van der Waals surface area contributed by atoms with Crippen LogP contribution in [0.25, 0.3) is 11.5 Å². The summed E-state index contributed by atoms with van der Waals surface area (Å²) in [6.07, 6.45) is 4.65. The maximum atomic E-state index is 12.4. The van der Waals surface area contributed by atoms with E-state index in [1.807, 2.05) is 6.07 Å². The Kier molecular flexibility index (Phi) is 4.60. The molecule has 0 aliphatic heterocycles. The SMILES string of the molecule is CNC(=O)Cn1cc(NC(=O)c2ccc(-c3ccco3)nc2C)cn1. The van der Waals surface area contributed by atoms with Crippen molar-refractivity contribution in [2.24, 2.45) is 0 Å². The van der Waals surface area contributed by atoms with Crippen molar-refractivity contribution in [3.8, 4) is 11.5 Å². The highest BCUT2D eigenvalue weighted by Crippen LogP contribution is 2.20. The third-order valence-corrected chi connectivity index (χ3v) is 3.58. The number of anilines is 1. The van der Waals surface area contributed by atoms with Gasteiger partial charge in [0.25, 0.3) is 5.91 Å². The van der Waals surface area contributed by atoms with Gasteiger partial charge in [0.2, 0.25) is 5.91 Å². The van der Waals surface area contributed by atoms with Crippen LogP contribution in [0.5, 0.6) is 0 Å². The fourth-order valence-electron chi connectivity index (χ4n) is 2.30. The molecule has 3 rings (SSSR count). The second-order valence-corrected chi connectivity index (χ2v) is 5.36. The lowest BCUT2D eigenvalue weighted by atomic mass is 10.1. The Labute approximate surface area is 143 Å². The second kappa shape index (κ2) is 7.00. The zero-order valence-electron chi connectivity index (χ0n) is 13.8.